The summed E-state index contributed by atoms with van der Waals surface area (Å²) >= 11 is 1.70. The van der Waals surface area contributed by atoms with E-state index in [2.05, 4.69) is 43.1 Å². The lowest BCUT2D eigenvalue weighted by Crippen LogP contribution is -2.05. The van der Waals surface area contributed by atoms with Crippen molar-refractivity contribution in [3.63, 3.8) is 0 Å². The predicted octanol–water partition coefficient (Wildman–Crippen LogP) is 5.88. The van der Waals surface area contributed by atoms with Crippen LogP contribution in [0.5, 0.6) is 0 Å². The number of allylic oxidation sites excluding steroid dienone is 2. The molecule has 0 spiro atoms. The number of nitrogens with zero attached hydrogens (tertiary/aromatic N) is 4. The van der Waals surface area contributed by atoms with Gasteiger partial charge in [-0.2, -0.15) is 0 Å². The Kier molecular flexibility index (Phi) is 7.29. The summed E-state index contributed by atoms with van der Waals surface area (Å²) in [4.78, 5) is 17.1. The molecule has 0 saturated heterocycles. The van der Waals surface area contributed by atoms with Gasteiger partial charge in [0.15, 0.2) is 0 Å². The van der Waals surface area contributed by atoms with Gasteiger partial charge >= 0.3 is 0 Å². The quantitative estimate of drug-likeness (QED) is 0.544. The van der Waals surface area contributed by atoms with Crippen LogP contribution in [0, 0.1) is 6.92 Å². The Morgan fingerprint density at radius 1 is 1.10 bits per heavy atom. The molecule has 3 aromatic rings. The lowest BCUT2D eigenvalue weighted by molar-refractivity contribution is 0.505. The summed E-state index contributed by atoms with van der Waals surface area (Å²) in [7, 11) is 6.00. The summed E-state index contributed by atoms with van der Waals surface area (Å²) in [5, 5.41) is 1.00. The van der Waals surface area contributed by atoms with Crippen molar-refractivity contribution in [3.8, 4) is 21.1 Å². The highest BCUT2D eigenvalue weighted by Crippen LogP contribution is 2.37. The fourth-order valence-electron chi connectivity index (χ4n) is 3.37. The number of rotatable bonds is 3. The molecule has 0 atom stereocenters. The van der Waals surface area contributed by atoms with Crippen LogP contribution < -0.4 is 0 Å². The molecule has 0 bridgehead atoms. The summed E-state index contributed by atoms with van der Waals surface area (Å²) in [5.74, 6) is 0. The third-order valence-electron chi connectivity index (χ3n) is 4.56. The Balaban J connectivity index is 0.000000552. The van der Waals surface area contributed by atoms with Gasteiger partial charge < -0.3 is 4.90 Å². The highest BCUT2D eigenvalue weighted by molar-refractivity contribution is 7.18. The first-order chi connectivity index (χ1) is 14.0. The molecule has 0 N–H and O–H groups in total. The van der Waals surface area contributed by atoms with Gasteiger partial charge in [0, 0.05) is 18.0 Å². The maximum absolute atomic E-state index is 5.04. The van der Waals surface area contributed by atoms with Crippen LogP contribution in [0.25, 0.3) is 26.7 Å². The molecular formula is C24H30N4S. The third kappa shape index (κ3) is 5.37. The summed E-state index contributed by atoms with van der Waals surface area (Å²) in [5.41, 5.74) is 7.11. The summed E-state index contributed by atoms with van der Waals surface area (Å²) < 4.78 is 0. The highest BCUT2D eigenvalue weighted by Gasteiger charge is 2.18. The first-order valence-electron chi connectivity index (χ1n) is 10.2. The second kappa shape index (κ2) is 9.90. The molecule has 4 rings (SSSR count). The normalized spacial score (nSPS) is 14.5. The van der Waals surface area contributed by atoms with Crippen LogP contribution in [-0.4, -0.2) is 41.0 Å². The van der Waals surface area contributed by atoms with Crippen molar-refractivity contribution in [3.05, 3.63) is 59.7 Å². The average molecular weight is 407 g/mol. The van der Waals surface area contributed by atoms with E-state index in [4.69, 9.17) is 9.97 Å². The molecule has 0 unspecified atom stereocenters. The van der Waals surface area contributed by atoms with Crippen molar-refractivity contribution >= 4 is 16.9 Å². The second-order valence-electron chi connectivity index (χ2n) is 7.71. The highest BCUT2D eigenvalue weighted by atomic mass is 32.1. The largest absolute Gasteiger partial charge is 0.312 e. The first kappa shape index (κ1) is 21.3. The van der Waals surface area contributed by atoms with Crippen LogP contribution in [0.4, 0.5) is 0 Å². The minimum atomic E-state index is 1.00. The molecular weight excluding hydrogens is 376 g/mol. The maximum Gasteiger partial charge on any atom is 0.125 e. The molecule has 0 amide bonds. The topological polar surface area (TPSA) is 41.9 Å². The number of pyridine rings is 2. The third-order valence-corrected chi connectivity index (χ3v) is 5.79. The molecule has 3 heterocycles. The molecule has 5 heteroatoms. The fourth-order valence-corrected chi connectivity index (χ4v) is 4.40. The molecule has 0 fully saturated rings. The van der Waals surface area contributed by atoms with E-state index in [-0.39, 0.29) is 0 Å². The smallest absolute Gasteiger partial charge is 0.125 e. The number of hydrogen-bond acceptors (Lipinski definition) is 5. The molecule has 0 saturated carbocycles. The van der Waals surface area contributed by atoms with E-state index in [0.717, 1.165) is 46.1 Å². The van der Waals surface area contributed by atoms with Crippen LogP contribution in [0.3, 0.4) is 0 Å². The van der Waals surface area contributed by atoms with Crippen molar-refractivity contribution in [2.45, 2.75) is 39.5 Å². The molecule has 1 aliphatic carbocycles. The minimum absolute atomic E-state index is 1.00. The first-order valence-corrected chi connectivity index (χ1v) is 11.0. The fraction of sp³-hybridized carbons (Fsp3) is 0.375. The Bertz CT molecular complexity index is 971. The van der Waals surface area contributed by atoms with Crippen molar-refractivity contribution in [1.29, 1.82) is 0 Å². The maximum atomic E-state index is 5.04. The lowest BCUT2D eigenvalue weighted by Gasteiger charge is -2.18. The molecule has 0 radical (unpaired) electrons. The van der Waals surface area contributed by atoms with E-state index in [1.165, 1.54) is 23.3 Å². The average Bonchev–Trinajstić information content (AvgIpc) is 3.10. The Labute approximate surface area is 178 Å². The van der Waals surface area contributed by atoms with Gasteiger partial charge in [0.25, 0.3) is 0 Å². The van der Waals surface area contributed by atoms with Crippen LogP contribution >= 0.6 is 11.3 Å². The van der Waals surface area contributed by atoms with Gasteiger partial charge in [0.05, 0.1) is 22.0 Å². The molecule has 29 heavy (non-hydrogen) atoms. The van der Waals surface area contributed by atoms with Crippen LogP contribution in [-0.2, 0) is 6.42 Å². The van der Waals surface area contributed by atoms with Crippen molar-refractivity contribution in [2.24, 2.45) is 0 Å². The molecule has 4 nitrogen and oxygen atoms in total. The molecule has 3 aromatic heterocycles. The Hall–Kier alpha value is -2.37. The zero-order valence-electron chi connectivity index (χ0n) is 18.1. The minimum Gasteiger partial charge on any atom is -0.312 e. The van der Waals surface area contributed by atoms with Crippen LogP contribution in [0.2, 0.25) is 0 Å². The van der Waals surface area contributed by atoms with E-state index < -0.39 is 0 Å². The van der Waals surface area contributed by atoms with Gasteiger partial charge in [-0.15, -0.1) is 11.3 Å². The number of aryl methyl sites for hydroxylation is 2. The molecule has 1 aliphatic rings. The predicted molar refractivity (Wildman–Crippen MR) is 124 cm³/mol. The van der Waals surface area contributed by atoms with Crippen LogP contribution in [0.1, 0.15) is 43.1 Å². The van der Waals surface area contributed by atoms with Gasteiger partial charge in [-0.05, 0) is 83.1 Å². The van der Waals surface area contributed by atoms with Gasteiger partial charge in [-0.3, -0.25) is 4.98 Å². The van der Waals surface area contributed by atoms with Gasteiger partial charge in [-0.1, -0.05) is 19.1 Å². The van der Waals surface area contributed by atoms with Crippen molar-refractivity contribution < 1.29 is 0 Å². The second-order valence-corrected chi connectivity index (χ2v) is 8.71. The van der Waals surface area contributed by atoms with E-state index in [1.807, 2.05) is 38.3 Å². The number of fused-ring (bicyclic) bond motifs is 1. The molecule has 152 valence electrons. The van der Waals surface area contributed by atoms with Crippen molar-refractivity contribution in [2.75, 3.05) is 21.1 Å². The zero-order chi connectivity index (χ0) is 20.8. The van der Waals surface area contributed by atoms with E-state index in [1.54, 1.807) is 17.5 Å². The summed E-state index contributed by atoms with van der Waals surface area (Å²) in [6.45, 7) is 4.26. The number of aromatic nitrogens is 3. The van der Waals surface area contributed by atoms with E-state index >= 15 is 0 Å². The number of thiazole rings is 1. The van der Waals surface area contributed by atoms with Gasteiger partial charge in [0.1, 0.15) is 5.01 Å². The Morgan fingerprint density at radius 3 is 2.59 bits per heavy atom. The van der Waals surface area contributed by atoms with E-state index in [0.29, 0.717) is 0 Å². The van der Waals surface area contributed by atoms with Gasteiger partial charge in [-0.25, -0.2) is 9.97 Å². The van der Waals surface area contributed by atoms with Crippen LogP contribution in [0.15, 0.2) is 42.7 Å². The summed E-state index contributed by atoms with van der Waals surface area (Å²) in [6, 6.07) is 8.41. The number of hydrogen-bond donors (Lipinski definition) is 0. The zero-order valence-corrected chi connectivity index (χ0v) is 18.9. The van der Waals surface area contributed by atoms with Gasteiger partial charge in [0.2, 0.25) is 0 Å². The molecule has 0 aromatic carbocycles. The monoisotopic (exact) mass is 406 g/mol. The van der Waals surface area contributed by atoms with E-state index in [9.17, 15) is 0 Å². The SMILES string of the molecule is CC/C=C1/CCCc2ccc(-c3sc(-c4cccnc4)nc3C)nc21.CN(C)C. The molecule has 0 aliphatic heterocycles. The summed E-state index contributed by atoms with van der Waals surface area (Å²) in [6.07, 6.45) is 10.5. The van der Waals surface area contributed by atoms with Crippen molar-refractivity contribution in [1.82, 2.24) is 19.9 Å². The lowest BCUT2D eigenvalue weighted by atomic mass is 9.90. The standard InChI is InChI=1S/C21H21N3S.C3H9N/c1-3-6-15-7-4-8-16-10-11-18(24-19(15)16)20-14(2)23-21(25-20)17-9-5-12-22-13-17;1-4(2)3/h5-6,9-13H,3-4,7-8H2,1-2H3;1-3H3/b15-6-;. The Morgan fingerprint density at radius 2 is 1.90 bits per heavy atom.